The first kappa shape index (κ1) is 16.0. The SMILES string of the molecule is NC(=O)c1cc(-c2ccccc2)sc1NC(=O)Cc1ccccc1. The number of amides is 2. The maximum atomic E-state index is 12.2. The smallest absolute Gasteiger partial charge is 0.251 e. The molecular weight excluding hydrogens is 320 g/mol. The van der Waals surface area contributed by atoms with E-state index in [2.05, 4.69) is 5.32 Å². The zero-order chi connectivity index (χ0) is 16.9. The lowest BCUT2D eigenvalue weighted by Crippen LogP contribution is -2.17. The summed E-state index contributed by atoms with van der Waals surface area (Å²) in [5, 5.41) is 3.30. The first-order valence-corrected chi connectivity index (χ1v) is 8.28. The van der Waals surface area contributed by atoms with Gasteiger partial charge in [-0.15, -0.1) is 11.3 Å². The van der Waals surface area contributed by atoms with Crippen LogP contribution in [0.4, 0.5) is 5.00 Å². The minimum absolute atomic E-state index is 0.176. The number of carbonyl (C=O) groups is 2. The van der Waals surface area contributed by atoms with Gasteiger partial charge in [-0.05, 0) is 17.2 Å². The monoisotopic (exact) mass is 336 g/mol. The molecule has 1 heterocycles. The van der Waals surface area contributed by atoms with Gasteiger partial charge in [-0.3, -0.25) is 9.59 Å². The number of benzene rings is 2. The molecule has 0 aliphatic heterocycles. The summed E-state index contributed by atoms with van der Waals surface area (Å²) in [5.74, 6) is -0.728. The predicted octanol–water partition coefficient (Wildman–Crippen LogP) is 3.70. The maximum Gasteiger partial charge on any atom is 0.251 e. The van der Waals surface area contributed by atoms with Crippen molar-refractivity contribution in [1.29, 1.82) is 0 Å². The van der Waals surface area contributed by atoms with Crippen molar-refractivity contribution in [1.82, 2.24) is 0 Å². The van der Waals surface area contributed by atoms with Gasteiger partial charge in [0.05, 0.1) is 12.0 Å². The van der Waals surface area contributed by atoms with Gasteiger partial charge in [0, 0.05) is 4.88 Å². The number of rotatable bonds is 5. The standard InChI is InChI=1S/C19H16N2O2S/c20-18(23)15-12-16(14-9-5-2-6-10-14)24-19(15)21-17(22)11-13-7-3-1-4-8-13/h1-10,12H,11H2,(H2,20,23)(H,21,22). The van der Waals surface area contributed by atoms with Gasteiger partial charge in [-0.1, -0.05) is 60.7 Å². The molecule has 0 atom stereocenters. The molecule has 3 N–H and O–H groups in total. The minimum atomic E-state index is -0.552. The molecular formula is C19H16N2O2S. The van der Waals surface area contributed by atoms with Crippen LogP contribution in [0.5, 0.6) is 0 Å². The summed E-state index contributed by atoms with van der Waals surface area (Å²) in [7, 11) is 0. The van der Waals surface area contributed by atoms with Crippen molar-refractivity contribution < 1.29 is 9.59 Å². The molecule has 0 unspecified atom stereocenters. The van der Waals surface area contributed by atoms with Crippen LogP contribution >= 0.6 is 11.3 Å². The molecule has 0 aliphatic carbocycles. The van der Waals surface area contributed by atoms with E-state index in [1.165, 1.54) is 11.3 Å². The van der Waals surface area contributed by atoms with Crippen molar-refractivity contribution in [3.63, 3.8) is 0 Å². The highest BCUT2D eigenvalue weighted by Gasteiger charge is 2.17. The molecule has 24 heavy (non-hydrogen) atoms. The Morgan fingerprint density at radius 3 is 2.21 bits per heavy atom. The van der Waals surface area contributed by atoms with Crippen molar-refractivity contribution in [3.05, 3.63) is 77.9 Å². The second-order valence-corrected chi connectivity index (χ2v) is 6.35. The lowest BCUT2D eigenvalue weighted by atomic mass is 10.1. The van der Waals surface area contributed by atoms with Crippen molar-refractivity contribution in [2.45, 2.75) is 6.42 Å². The van der Waals surface area contributed by atoms with Crippen LogP contribution in [0.1, 0.15) is 15.9 Å². The maximum absolute atomic E-state index is 12.2. The first-order chi connectivity index (χ1) is 11.6. The predicted molar refractivity (Wildman–Crippen MR) is 97.0 cm³/mol. The fourth-order valence-corrected chi connectivity index (χ4v) is 3.45. The average molecular weight is 336 g/mol. The molecule has 1 aromatic heterocycles. The van der Waals surface area contributed by atoms with Crippen LogP contribution in [0.3, 0.4) is 0 Å². The lowest BCUT2D eigenvalue weighted by molar-refractivity contribution is -0.115. The fourth-order valence-electron chi connectivity index (χ4n) is 2.36. The summed E-state index contributed by atoms with van der Waals surface area (Å²) in [5.41, 5.74) is 7.68. The topological polar surface area (TPSA) is 72.2 Å². The molecule has 4 nitrogen and oxygen atoms in total. The zero-order valence-electron chi connectivity index (χ0n) is 12.9. The lowest BCUT2D eigenvalue weighted by Gasteiger charge is -2.04. The zero-order valence-corrected chi connectivity index (χ0v) is 13.7. The van der Waals surface area contributed by atoms with Crippen LogP contribution in [0, 0.1) is 0 Å². The van der Waals surface area contributed by atoms with Crippen LogP contribution in [0.15, 0.2) is 66.7 Å². The van der Waals surface area contributed by atoms with Crippen LogP contribution in [-0.4, -0.2) is 11.8 Å². The van der Waals surface area contributed by atoms with Gasteiger partial charge in [0.2, 0.25) is 5.91 Å². The van der Waals surface area contributed by atoms with Crippen LogP contribution in [0.25, 0.3) is 10.4 Å². The molecule has 0 saturated heterocycles. The summed E-state index contributed by atoms with van der Waals surface area (Å²) < 4.78 is 0. The summed E-state index contributed by atoms with van der Waals surface area (Å²) in [6.07, 6.45) is 0.248. The molecule has 120 valence electrons. The van der Waals surface area contributed by atoms with E-state index in [0.717, 1.165) is 16.0 Å². The van der Waals surface area contributed by atoms with Gasteiger partial charge in [-0.2, -0.15) is 0 Å². The molecule has 0 fully saturated rings. The molecule has 0 spiro atoms. The van der Waals surface area contributed by atoms with Gasteiger partial charge < -0.3 is 11.1 Å². The van der Waals surface area contributed by atoms with Gasteiger partial charge >= 0.3 is 0 Å². The highest BCUT2D eigenvalue weighted by molar-refractivity contribution is 7.20. The average Bonchev–Trinajstić information content (AvgIpc) is 3.00. The highest BCUT2D eigenvalue weighted by Crippen LogP contribution is 2.35. The van der Waals surface area contributed by atoms with E-state index in [9.17, 15) is 9.59 Å². The molecule has 0 aliphatic rings. The number of carbonyl (C=O) groups excluding carboxylic acids is 2. The number of hydrogen-bond acceptors (Lipinski definition) is 3. The second-order valence-electron chi connectivity index (χ2n) is 5.29. The number of primary amides is 1. The third-order valence-corrected chi connectivity index (χ3v) is 4.62. The molecule has 3 rings (SSSR count). The Balaban J connectivity index is 1.83. The Hall–Kier alpha value is -2.92. The van der Waals surface area contributed by atoms with E-state index in [4.69, 9.17) is 5.73 Å². The Kier molecular flexibility index (Phi) is 4.72. The minimum Gasteiger partial charge on any atom is -0.366 e. The molecule has 0 bridgehead atoms. The first-order valence-electron chi connectivity index (χ1n) is 7.46. The number of anilines is 1. The Morgan fingerprint density at radius 1 is 0.958 bits per heavy atom. The summed E-state index contributed by atoms with van der Waals surface area (Å²) in [6.45, 7) is 0. The van der Waals surface area contributed by atoms with Crippen LogP contribution < -0.4 is 11.1 Å². The summed E-state index contributed by atoms with van der Waals surface area (Å²) in [6, 6.07) is 20.8. The fraction of sp³-hybridized carbons (Fsp3) is 0.0526. The number of nitrogens with two attached hydrogens (primary N) is 1. The van der Waals surface area contributed by atoms with E-state index < -0.39 is 5.91 Å². The molecule has 3 aromatic rings. The van der Waals surface area contributed by atoms with Crippen molar-refractivity contribution in [3.8, 4) is 10.4 Å². The third-order valence-electron chi connectivity index (χ3n) is 3.52. The third kappa shape index (κ3) is 3.70. The number of hydrogen-bond donors (Lipinski definition) is 2. The van der Waals surface area contributed by atoms with E-state index in [1.807, 2.05) is 60.7 Å². The van der Waals surface area contributed by atoms with Gasteiger partial charge in [-0.25, -0.2) is 0 Å². The number of nitrogens with one attached hydrogen (secondary N) is 1. The number of thiophene rings is 1. The second kappa shape index (κ2) is 7.10. The molecule has 0 saturated carbocycles. The van der Waals surface area contributed by atoms with Crippen molar-refractivity contribution in [2.24, 2.45) is 5.73 Å². The van der Waals surface area contributed by atoms with Crippen molar-refractivity contribution in [2.75, 3.05) is 5.32 Å². The van der Waals surface area contributed by atoms with E-state index in [1.54, 1.807) is 6.07 Å². The molecule has 5 heteroatoms. The van der Waals surface area contributed by atoms with Gasteiger partial charge in [0.15, 0.2) is 0 Å². The normalized spacial score (nSPS) is 10.3. The molecule has 0 radical (unpaired) electrons. The summed E-state index contributed by atoms with van der Waals surface area (Å²) in [4.78, 5) is 24.8. The van der Waals surface area contributed by atoms with E-state index in [-0.39, 0.29) is 12.3 Å². The molecule has 2 amide bonds. The van der Waals surface area contributed by atoms with Crippen molar-refractivity contribution >= 4 is 28.2 Å². The van der Waals surface area contributed by atoms with Gasteiger partial charge in [0.25, 0.3) is 5.91 Å². The van der Waals surface area contributed by atoms with Gasteiger partial charge in [0.1, 0.15) is 5.00 Å². The Bertz CT molecular complexity index is 858. The Labute approximate surface area is 143 Å². The highest BCUT2D eigenvalue weighted by atomic mass is 32.1. The quantitative estimate of drug-likeness (QED) is 0.746. The summed E-state index contributed by atoms with van der Waals surface area (Å²) >= 11 is 1.35. The van der Waals surface area contributed by atoms with Crippen LogP contribution in [-0.2, 0) is 11.2 Å². The van der Waals surface area contributed by atoms with E-state index in [0.29, 0.717) is 10.6 Å². The largest absolute Gasteiger partial charge is 0.366 e. The Morgan fingerprint density at radius 2 is 1.58 bits per heavy atom. The van der Waals surface area contributed by atoms with E-state index >= 15 is 0 Å². The van der Waals surface area contributed by atoms with Crippen LogP contribution in [0.2, 0.25) is 0 Å². The molecule has 2 aromatic carbocycles.